The predicted octanol–water partition coefficient (Wildman–Crippen LogP) is 3.89. The second kappa shape index (κ2) is 9.80. The number of nitrogens with zero attached hydrogens (tertiary/aromatic N) is 1. The van der Waals surface area contributed by atoms with E-state index >= 15 is 0 Å². The van der Waals surface area contributed by atoms with Crippen LogP contribution < -0.4 is 10.6 Å². The lowest BCUT2D eigenvalue weighted by molar-refractivity contribution is -0.126. The maximum Gasteiger partial charge on any atom is 0.410 e. The molecule has 0 spiro atoms. The maximum absolute atomic E-state index is 12.7. The molecule has 28 heavy (non-hydrogen) atoms. The van der Waals surface area contributed by atoms with Gasteiger partial charge in [0.1, 0.15) is 5.60 Å². The van der Waals surface area contributed by atoms with Gasteiger partial charge in [-0.3, -0.25) is 4.79 Å². The summed E-state index contributed by atoms with van der Waals surface area (Å²) in [4.78, 5) is 26.7. The summed E-state index contributed by atoms with van der Waals surface area (Å²) in [6.07, 6.45) is 1.27. The summed E-state index contributed by atoms with van der Waals surface area (Å²) in [5.41, 5.74) is 0.518. The molecule has 1 heterocycles. The topological polar surface area (TPSA) is 70.7 Å². The fourth-order valence-corrected chi connectivity index (χ4v) is 3.24. The molecule has 6 nitrogen and oxygen atoms in total. The molecule has 0 aromatic heterocycles. The lowest BCUT2D eigenvalue weighted by Gasteiger charge is -2.34. The third kappa shape index (κ3) is 7.06. The Morgan fingerprint density at radius 3 is 2.50 bits per heavy atom. The zero-order chi connectivity index (χ0) is 20.7. The van der Waals surface area contributed by atoms with Crippen LogP contribution in [0, 0.1) is 11.8 Å². The number of carbonyl (C=O) groups excluding carboxylic acids is 2. The molecule has 1 aliphatic heterocycles. The van der Waals surface area contributed by atoms with Crippen molar-refractivity contribution in [2.24, 2.45) is 11.8 Å². The van der Waals surface area contributed by atoms with E-state index < -0.39 is 5.60 Å². The summed E-state index contributed by atoms with van der Waals surface area (Å²) in [6, 6.07) is 10.2. The van der Waals surface area contributed by atoms with Crippen molar-refractivity contribution in [3.63, 3.8) is 0 Å². The molecule has 1 aromatic rings. The van der Waals surface area contributed by atoms with Crippen molar-refractivity contribution in [2.45, 2.75) is 59.1 Å². The van der Waals surface area contributed by atoms with Crippen LogP contribution in [0.25, 0.3) is 0 Å². The summed E-state index contributed by atoms with van der Waals surface area (Å²) in [5.74, 6) is 0.185. The molecule has 156 valence electrons. The lowest BCUT2D eigenvalue weighted by atomic mass is 9.97. The zero-order valence-corrected chi connectivity index (χ0v) is 17.8. The van der Waals surface area contributed by atoms with Crippen LogP contribution >= 0.6 is 0 Å². The normalized spacial score (nSPS) is 18.5. The zero-order valence-electron chi connectivity index (χ0n) is 17.8. The molecule has 1 aromatic carbocycles. The third-order valence-corrected chi connectivity index (χ3v) is 4.87. The Balaban J connectivity index is 1.87. The third-order valence-electron chi connectivity index (χ3n) is 4.87. The predicted molar refractivity (Wildman–Crippen MR) is 112 cm³/mol. The number of piperidine rings is 1. The molecule has 1 fully saturated rings. The van der Waals surface area contributed by atoms with Crippen molar-refractivity contribution < 1.29 is 14.3 Å². The first kappa shape index (κ1) is 22.1. The molecule has 1 saturated heterocycles. The monoisotopic (exact) mass is 389 g/mol. The SMILES string of the molecule is CC(C)C(CNC(=O)C1CCCN(C(=O)OC(C)(C)C)C1)Nc1ccccc1. The number of nitrogens with one attached hydrogen (secondary N) is 2. The van der Waals surface area contributed by atoms with Crippen molar-refractivity contribution in [1.29, 1.82) is 0 Å². The number of hydrogen-bond donors (Lipinski definition) is 2. The van der Waals surface area contributed by atoms with E-state index in [1.807, 2.05) is 51.1 Å². The molecule has 0 radical (unpaired) electrons. The van der Waals surface area contributed by atoms with E-state index in [4.69, 9.17) is 4.74 Å². The summed E-state index contributed by atoms with van der Waals surface area (Å²) in [6.45, 7) is 11.4. The second-order valence-corrected chi connectivity index (χ2v) is 8.87. The van der Waals surface area contributed by atoms with E-state index in [2.05, 4.69) is 24.5 Å². The van der Waals surface area contributed by atoms with Crippen molar-refractivity contribution in [3.05, 3.63) is 30.3 Å². The number of ether oxygens (including phenoxy) is 1. The maximum atomic E-state index is 12.7. The Hall–Kier alpha value is -2.24. The van der Waals surface area contributed by atoms with Gasteiger partial charge in [-0.05, 0) is 51.7 Å². The molecule has 0 bridgehead atoms. The van der Waals surface area contributed by atoms with Crippen molar-refractivity contribution in [1.82, 2.24) is 10.2 Å². The van der Waals surface area contributed by atoms with Crippen LogP contribution in [0.3, 0.4) is 0 Å². The van der Waals surface area contributed by atoms with E-state index in [9.17, 15) is 9.59 Å². The van der Waals surface area contributed by atoms with Gasteiger partial charge in [-0.15, -0.1) is 0 Å². The number of anilines is 1. The average Bonchev–Trinajstić information content (AvgIpc) is 2.64. The number of hydrogen-bond acceptors (Lipinski definition) is 4. The van der Waals surface area contributed by atoms with Gasteiger partial charge in [-0.1, -0.05) is 32.0 Å². The van der Waals surface area contributed by atoms with Gasteiger partial charge >= 0.3 is 6.09 Å². The quantitative estimate of drug-likeness (QED) is 0.774. The highest BCUT2D eigenvalue weighted by atomic mass is 16.6. The minimum absolute atomic E-state index is 0.00812. The van der Waals surface area contributed by atoms with Crippen LogP contribution in [-0.2, 0) is 9.53 Å². The van der Waals surface area contributed by atoms with Crippen LogP contribution in [0.4, 0.5) is 10.5 Å². The van der Waals surface area contributed by atoms with Crippen LogP contribution in [0.5, 0.6) is 0 Å². The van der Waals surface area contributed by atoms with Crippen molar-refractivity contribution >= 4 is 17.7 Å². The minimum atomic E-state index is -0.528. The molecular weight excluding hydrogens is 354 g/mol. The van der Waals surface area contributed by atoms with E-state index in [-0.39, 0.29) is 24.0 Å². The number of rotatable bonds is 6. The second-order valence-electron chi connectivity index (χ2n) is 8.87. The Morgan fingerprint density at radius 1 is 1.21 bits per heavy atom. The molecule has 2 amide bonds. The summed E-state index contributed by atoms with van der Waals surface area (Å²) in [7, 11) is 0. The summed E-state index contributed by atoms with van der Waals surface area (Å²) >= 11 is 0. The summed E-state index contributed by atoms with van der Waals surface area (Å²) in [5, 5.41) is 6.57. The van der Waals surface area contributed by atoms with Crippen molar-refractivity contribution in [2.75, 3.05) is 25.0 Å². The molecule has 6 heteroatoms. The van der Waals surface area contributed by atoms with Gasteiger partial charge in [-0.25, -0.2) is 4.79 Å². The average molecular weight is 390 g/mol. The Labute approximate surface area is 169 Å². The fraction of sp³-hybridized carbons (Fsp3) is 0.636. The highest BCUT2D eigenvalue weighted by Crippen LogP contribution is 2.20. The van der Waals surface area contributed by atoms with Crippen LogP contribution in [0.2, 0.25) is 0 Å². The Bertz CT molecular complexity index is 640. The first-order valence-electron chi connectivity index (χ1n) is 10.2. The van der Waals surface area contributed by atoms with Gasteiger partial charge in [0.2, 0.25) is 5.91 Å². The van der Waals surface area contributed by atoms with E-state index in [1.165, 1.54) is 0 Å². The molecule has 0 aliphatic carbocycles. The molecular formula is C22H35N3O3. The standard InChI is InChI=1S/C22H35N3O3/c1-16(2)19(24-18-11-7-6-8-12-18)14-23-20(26)17-10-9-13-25(15-17)21(27)28-22(3,4)5/h6-8,11-12,16-17,19,24H,9-10,13-15H2,1-5H3,(H,23,26). The van der Waals surface area contributed by atoms with Gasteiger partial charge in [-0.2, -0.15) is 0 Å². The van der Waals surface area contributed by atoms with Gasteiger partial charge in [0, 0.05) is 31.4 Å². The highest BCUT2D eigenvalue weighted by molar-refractivity contribution is 5.80. The first-order valence-corrected chi connectivity index (χ1v) is 10.2. The fourth-order valence-electron chi connectivity index (χ4n) is 3.24. The van der Waals surface area contributed by atoms with E-state index in [1.54, 1.807) is 4.90 Å². The largest absolute Gasteiger partial charge is 0.444 e. The van der Waals surface area contributed by atoms with Crippen LogP contribution in [-0.4, -0.2) is 48.2 Å². The van der Waals surface area contributed by atoms with Gasteiger partial charge in [0.25, 0.3) is 0 Å². The van der Waals surface area contributed by atoms with Gasteiger partial charge in [0.15, 0.2) is 0 Å². The van der Waals surface area contributed by atoms with Gasteiger partial charge in [0.05, 0.1) is 5.92 Å². The highest BCUT2D eigenvalue weighted by Gasteiger charge is 2.31. The molecule has 1 aliphatic rings. The number of likely N-dealkylation sites (tertiary alicyclic amines) is 1. The molecule has 0 saturated carbocycles. The number of para-hydroxylation sites is 1. The van der Waals surface area contributed by atoms with Gasteiger partial charge < -0.3 is 20.3 Å². The van der Waals surface area contributed by atoms with E-state index in [0.717, 1.165) is 18.5 Å². The molecule has 2 N–H and O–H groups in total. The molecule has 2 atom stereocenters. The molecule has 2 unspecified atom stereocenters. The van der Waals surface area contributed by atoms with E-state index in [0.29, 0.717) is 25.6 Å². The first-order chi connectivity index (χ1) is 13.2. The summed E-state index contributed by atoms with van der Waals surface area (Å²) < 4.78 is 5.45. The minimum Gasteiger partial charge on any atom is -0.444 e. The number of benzene rings is 1. The Morgan fingerprint density at radius 2 is 1.89 bits per heavy atom. The van der Waals surface area contributed by atoms with Crippen molar-refractivity contribution in [3.8, 4) is 0 Å². The molecule has 2 rings (SSSR count). The number of carbonyl (C=O) groups is 2. The van der Waals surface area contributed by atoms with Crippen LogP contribution in [0.1, 0.15) is 47.5 Å². The van der Waals surface area contributed by atoms with Crippen LogP contribution in [0.15, 0.2) is 30.3 Å². The smallest absolute Gasteiger partial charge is 0.410 e. The lowest BCUT2D eigenvalue weighted by Crippen LogP contribution is -2.48. The Kier molecular flexibility index (Phi) is 7.72. The number of amides is 2.